The number of methoxy groups -OCH3 is 1. The summed E-state index contributed by atoms with van der Waals surface area (Å²) in [6.07, 6.45) is 0. The summed E-state index contributed by atoms with van der Waals surface area (Å²) in [6.45, 7) is 0.294. The Kier molecular flexibility index (Phi) is 6.68. The number of rotatable bonds is 7. The topological polar surface area (TPSA) is 124 Å². The predicted octanol–water partition coefficient (Wildman–Crippen LogP) is 1.71. The van der Waals surface area contributed by atoms with Crippen molar-refractivity contribution in [3.8, 4) is 5.75 Å². The normalized spacial score (nSPS) is 18.5. The van der Waals surface area contributed by atoms with Crippen molar-refractivity contribution in [2.45, 2.75) is 10.9 Å². The zero-order valence-corrected chi connectivity index (χ0v) is 18.7. The molecule has 10 heteroatoms. The van der Waals surface area contributed by atoms with Crippen molar-refractivity contribution < 1.29 is 33.0 Å². The van der Waals surface area contributed by atoms with Gasteiger partial charge in [-0.1, -0.05) is 12.1 Å². The molecule has 0 radical (unpaired) electrons. The van der Waals surface area contributed by atoms with E-state index in [-0.39, 0.29) is 34.9 Å². The molecule has 0 unspecified atom stereocenters. The summed E-state index contributed by atoms with van der Waals surface area (Å²) in [6, 6.07) is 10.5. The van der Waals surface area contributed by atoms with Crippen LogP contribution < -0.4 is 0 Å². The Balaban J connectivity index is 2.11. The van der Waals surface area contributed by atoms with Crippen LogP contribution in [0.25, 0.3) is 5.76 Å². The number of hydrogen-bond donors (Lipinski definition) is 2. The second kappa shape index (κ2) is 9.11. The number of aromatic hydroxyl groups is 1. The molecule has 2 aromatic carbocycles. The monoisotopic (exact) mass is 460 g/mol. The fourth-order valence-electron chi connectivity index (χ4n) is 3.45. The second-order valence-corrected chi connectivity index (χ2v) is 9.54. The molecule has 0 bridgehead atoms. The first-order chi connectivity index (χ1) is 15.1. The van der Waals surface area contributed by atoms with Gasteiger partial charge in [-0.25, -0.2) is 12.7 Å². The molecule has 1 aliphatic rings. The Morgan fingerprint density at radius 2 is 1.66 bits per heavy atom. The number of aliphatic hydroxyl groups excluding tert-OH is 1. The van der Waals surface area contributed by atoms with E-state index < -0.39 is 33.5 Å². The number of carbonyl (C=O) groups excluding carboxylic acids is 2. The van der Waals surface area contributed by atoms with Gasteiger partial charge in [0.15, 0.2) is 0 Å². The van der Waals surface area contributed by atoms with Crippen LogP contribution in [0.4, 0.5) is 0 Å². The molecule has 32 heavy (non-hydrogen) atoms. The molecule has 9 nitrogen and oxygen atoms in total. The van der Waals surface area contributed by atoms with Gasteiger partial charge in [-0.15, -0.1) is 0 Å². The third-order valence-corrected chi connectivity index (χ3v) is 7.02. The molecule has 1 amide bonds. The Bertz CT molecular complexity index is 1150. The van der Waals surface area contributed by atoms with Crippen molar-refractivity contribution in [3.63, 3.8) is 0 Å². The summed E-state index contributed by atoms with van der Waals surface area (Å²) < 4.78 is 30.7. The maximum Gasteiger partial charge on any atom is 0.295 e. The first kappa shape index (κ1) is 23.5. The SMILES string of the molecule is COCCN1C(=O)C(=O)C(=C(O)c2ccc(S(=O)(=O)N(C)C)cc2)[C@@H]1c1ccc(O)cc1. The van der Waals surface area contributed by atoms with Crippen molar-refractivity contribution in [2.24, 2.45) is 0 Å². The van der Waals surface area contributed by atoms with E-state index >= 15 is 0 Å². The number of phenols is 1. The highest BCUT2D eigenvalue weighted by molar-refractivity contribution is 7.89. The minimum absolute atomic E-state index is 0.0142. The smallest absolute Gasteiger partial charge is 0.295 e. The van der Waals surface area contributed by atoms with Crippen molar-refractivity contribution in [1.82, 2.24) is 9.21 Å². The van der Waals surface area contributed by atoms with E-state index in [1.165, 1.54) is 62.5 Å². The van der Waals surface area contributed by atoms with E-state index in [4.69, 9.17) is 4.74 Å². The molecule has 1 aliphatic heterocycles. The van der Waals surface area contributed by atoms with Crippen molar-refractivity contribution >= 4 is 27.5 Å². The Labute approximate surface area is 186 Å². The van der Waals surface area contributed by atoms with Crippen LogP contribution >= 0.6 is 0 Å². The molecule has 3 rings (SSSR count). The Hall–Kier alpha value is -3.21. The van der Waals surface area contributed by atoms with Gasteiger partial charge in [0.2, 0.25) is 10.0 Å². The van der Waals surface area contributed by atoms with E-state index in [0.29, 0.717) is 5.56 Å². The quantitative estimate of drug-likeness (QED) is 0.366. The molecule has 170 valence electrons. The summed E-state index contributed by atoms with van der Waals surface area (Å²) in [5.74, 6) is -2.05. The van der Waals surface area contributed by atoms with Gasteiger partial charge in [-0.2, -0.15) is 0 Å². The average Bonchev–Trinajstić information content (AvgIpc) is 3.02. The molecule has 1 saturated heterocycles. The van der Waals surface area contributed by atoms with Crippen LogP contribution in [-0.2, 0) is 24.3 Å². The highest BCUT2D eigenvalue weighted by atomic mass is 32.2. The lowest BCUT2D eigenvalue weighted by atomic mass is 9.95. The van der Waals surface area contributed by atoms with E-state index in [2.05, 4.69) is 0 Å². The van der Waals surface area contributed by atoms with Gasteiger partial charge in [-0.3, -0.25) is 9.59 Å². The molecule has 0 aliphatic carbocycles. The number of hydrogen-bond acceptors (Lipinski definition) is 7. The van der Waals surface area contributed by atoms with E-state index in [1.807, 2.05) is 0 Å². The summed E-state index contributed by atoms with van der Waals surface area (Å²) in [5, 5.41) is 20.6. The molecule has 1 atom stereocenters. The Morgan fingerprint density at radius 1 is 1.06 bits per heavy atom. The number of ether oxygens (including phenoxy) is 1. The highest BCUT2D eigenvalue weighted by Gasteiger charge is 2.45. The minimum atomic E-state index is -3.67. The maximum absolute atomic E-state index is 12.9. The summed E-state index contributed by atoms with van der Waals surface area (Å²) in [5.41, 5.74) is 0.586. The lowest BCUT2D eigenvalue weighted by Crippen LogP contribution is -2.32. The second-order valence-electron chi connectivity index (χ2n) is 7.39. The number of carbonyl (C=O) groups is 2. The standard InChI is InChI=1S/C22H24N2O7S/c1-23(2)32(29,30)17-10-6-15(7-11-17)20(26)18-19(14-4-8-16(25)9-5-14)24(12-13-31-3)22(28)21(18)27/h4-11,19,25-26H,12-13H2,1-3H3/t19-/m0/s1. The average molecular weight is 461 g/mol. The van der Waals surface area contributed by atoms with Gasteiger partial charge < -0.3 is 19.8 Å². The number of sulfonamides is 1. The number of phenolic OH excluding ortho intramolecular Hbond substituents is 1. The van der Waals surface area contributed by atoms with Crippen LogP contribution in [-0.4, -0.2) is 73.9 Å². The lowest BCUT2D eigenvalue weighted by Gasteiger charge is -2.25. The molecule has 1 heterocycles. The van der Waals surface area contributed by atoms with Gasteiger partial charge in [0, 0.05) is 33.3 Å². The van der Waals surface area contributed by atoms with E-state index in [9.17, 15) is 28.2 Å². The van der Waals surface area contributed by atoms with Crippen LogP contribution in [0.2, 0.25) is 0 Å². The Morgan fingerprint density at radius 3 is 2.19 bits per heavy atom. The number of aliphatic hydroxyl groups is 1. The number of amides is 1. The van der Waals surface area contributed by atoms with Gasteiger partial charge in [-0.05, 0) is 42.0 Å². The highest BCUT2D eigenvalue weighted by Crippen LogP contribution is 2.39. The third-order valence-electron chi connectivity index (χ3n) is 5.19. The van der Waals surface area contributed by atoms with Gasteiger partial charge >= 0.3 is 0 Å². The lowest BCUT2D eigenvalue weighted by molar-refractivity contribution is -0.140. The first-order valence-electron chi connectivity index (χ1n) is 9.68. The molecule has 1 fully saturated rings. The molecule has 0 aromatic heterocycles. The molecule has 0 saturated carbocycles. The number of benzene rings is 2. The zero-order valence-electron chi connectivity index (χ0n) is 17.8. The van der Waals surface area contributed by atoms with Crippen molar-refractivity contribution in [1.29, 1.82) is 0 Å². The molecule has 2 aromatic rings. The molecular formula is C22H24N2O7S. The number of Topliss-reactive ketones (excluding diaryl/α,β-unsaturated/α-hetero) is 1. The molecule has 2 N–H and O–H groups in total. The van der Waals surface area contributed by atoms with E-state index in [0.717, 1.165) is 4.31 Å². The molecule has 0 spiro atoms. The maximum atomic E-state index is 12.9. The molecular weight excluding hydrogens is 436 g/mol. The number of ketones is 1. The van der Waals surface area contributed by atoms with Gasteiger partial charge in [0.1, 0.15) is 11.5 Å². The van der Waals surface area contributed by atoms with Crippen LogP contribution in [0.5, 0.6) is 5.75 Å². The fraction of sp³-hybridized carbons (Fsp3) is 0.273. The summed E-state index contributed by atoms with van der Waals surface area (Å²) in [4.78, 5) is 26.9. The first-order valence-corrected chi connectivity index (χ1v) is 11.1. The zero-order chi connectivity index (χ0) is 23.6. The summed E-state index contributed by atoms with van der Waals surface area (Å²) >= 11 is 0. The largest absolute Gasteiger partial charge is 0.508 e. The minimum Gasteiger partial charge on any atom is -0.508 e. The van der Waals surface area contributed by atoms with Crippen LogP contribution in [0, 0.1) is 0 Å². The van der Waals surface area contributed by atoms with Crippen molar-refractivity contribution in [3.05, 3.63) is 65.2 Å². The van der Waals surface area contributed by atoms with E-state index in [1.54, 1.807) is 12.1 Å². The van der Waals surface area contributed by atoms with Crippen LogP contribution in [0.1, 0.15) is 17.2 Å². The third kappa shape index (κ3) is 4.24. The van der Waals surface area contributed by atoms with Crippen LogP contribution in [0.15, 0.2) is 59.0 Å². The predicted molar refractivity (Wildman–Crippen MR) is 116 cm³/mol. The van der Waals surface area contributed by atoms with Gasteiger partial charge in [0.05, 0.1) is 23.1 Å². The van der Waals surface area contributed by atoms with Crippen molar-refractivity contribution in [2.75, 3.05) is 34.4 Å². The van der Waals surface area contributed by atoms with Crippen LogP contribution in [0.3, 0.4) is 0 Å². The summed E-state index contributed by atoms with van der Waals surface area (Å²) in [7, 11) is 0.612. The number of likely N-dealkylation sites (tertiary alicyclic amines) is 1. The number of nitrogens with zero attached hydrogens (tertiary/aromatic N) is 2. The fourth-order valence-corrected chi connectivity index (χ4v) is 4.36. The van der Waals surface area contributed by atoms with Gasteiger partial charge in [0.25, 0.3) is 11.7 Å².